The van der Waals surface area contributed by atoms with Gasteiger partial charge in [-0.1, -0.05) is 46.7 Å². The number of benzene rings is 2. The molecule has 0 saturated carbocycles. The lowest BCUT2D eigenvalue weighted by molar-refractivity contribution is -0.150. The first kappa shape index (κ1) is 28.9. The molecule has 0 aliphatic carbocycles. The van der Waals surface area contributed by atoms with Gasteiger partial charge in [-0.05, 0) is 54.3 Å². The fraction of sp³-hybridized carbons (Fsp3) is 0.296. The number of rotatable bonds is 8. The van der Waals surface area contributed by atoms with E-state index >= 15 is 0 Å². The van der Waals surface area contributed by atoms with Crippen LogP contribution in [0.5, 0.6) is 0 Å². The van der Waals surface area contributed by atoms with Crippen molar-refractivity contribution < 1.29 is 28.7 Å². The van der Waals surface area contributed by atoms with Crippen molar-refractivity contribution in [1.29, 1.82) is 5.26 Å². The van der Waals surface area contributed by atoms with Crippen LogP contribution in [0.25, 0.3) is 0 Å². The van der Waals surface area contributed by atoms with Gasteiger partial charge in [-0.3, -0.25) is 14.4 Å². The van der Waals surface area contributed by atoms with E-state index in [1.54, 1.807) is 12.1 Å². The third-order valence-corrected chi connectivity index (χ3v) is 7.52. The molecule has 2 aromatic carbocycles. The number of nitrogens with one attached hydrogen (secondary N) is 2. The lowest BCUT2D eigenvalue weighted by Crippen LogP contribution is -2.44. The molecule has 2 N–H and O–H groups in total. The molecular formula is C27H26BrN3O6S. The molecule has 0 saturated heterocycles. The molecule has 0 aromatic heterocycles. The molecule has 1 aliphatic rings. The topological polar surface area (TPSA) is 135 Å². The molecule has 2 atom stereocenters. The summed E-state index contributed by atoms with van der Waals surface area (Å²) in [5, 5.41) is 15.8. The van der Waals surface area contributed by atoms with E-state index in [0.717, 1.165) is 40.2 Å². The zero-order valence-corrected chi connectivity index (χ0v) is 23.6. The number of hydrogen-bond donors (Lipinski definition) is 2. The predicted molar refractivity (Wildman–Crippen MR) is 146 cm³/mol. The van der Waals surface area contributed by atoms with Gasteiger partial charge in [-0.2, -0.15) is 5.26 Å². The van der Waals surface area contributed by atoms with Crippen molar-refractivity contribution in [2.75, 3.05) is 25.3 Å². The number of amides is 2. The van der Waals surface area contributed by atoms with Crippen molar-refractivity contribution in [3.8, 4) is 6.07 Å². The Labute approximate surface area is 233 Å². The van der Waals surface area contributed by atoms with Crippen LogP contribution >= 0.6 is 27.7 Å². The second-order valence-corrected chi connectivity index (χ2v) is 10.3. The molecule has 0 radical (unpaired) electrons. The Kier molecular flexibility index (Phi) is 9.72. The second kappa shape index (κ2) is 12.8. The van der Waals surface area contributed by atoms with Crippen molar-refractivity contribution in [1.82, 2.24) is 5.32 Å². The van der Waals surface area contributed by atoms with Gasteiger partial charge in [0.15, 0.2) is 0 Å². The van der Waals surface area contributed by atoms with Crippen molar-refractivity contribution >= 4 is 57.1 Å². The number of methoxy groups -OCH3 is 2. The van der Waals surface area contributed by atoms with E-state index in [0.29, 0.717) is 12.0 Å². The first-order valence-electron chi connectivity index (χ1n) is 11.6. The Bertz CT molecular complexity index is 1350. The van der Waals surface area contributed by atoms with E-state index in [1.807, 2.05) is 26.0 Å². The van der Waals surface area contributed by atoms with Gasteiger partial charge < -0.3 is 20.1 Å². The van der Waals surface area contributed by atoms with Gasteiger partial charge in [0.25, 0.3) is 0 Å². The number of nitriles is 1. The summed E-state index contributed by atoms with van der Waals surface area (Å²) in [5.74, 6) is -4.71. The van der Waals surface area contributed by atoms with Crippen LogP contribution in [0.1, 0.15) is 39.9 Å². The molecule has 0 fully saturated rings. The lowest BCUT2D eigenvalue weighted by Gasteiger charge is -2.31. The van der Waals surface area contributed by atoms with Crippen LogP contribution < -0.4 is 10.6 Å². The van der Waals surface area contributed by atoms with Crippen LogP contribution in [-0.2, 0) is 30.3 Å². The minimum absolute atomic E-state index is 0.0870. The number of hydrogen-bond acceptors (Lipinski definition) is 8. The highest BCUT2D eigenvalue weighted by atomic mass is 79.9. The summed E-state index contributed by atoms with van der Waals surface area (Å²) in [5.41, 5.74) is 3.42. The highest BCUT2D eigenvalue weighted by Gasteiger charge is 2.44. The van der Waals surface area contributed by atoms with E-state index in [4.69, 9.17) is 9.47 Å². The summed E-state index contributed by atoms with van der Waals surface area (Å²) in [6, 6.07) is 12.0. The van der Waals surface area contributed by atoms with Gasteiger partial charge in [0, 0.05) is 16.1 Å². The largest absolute Gasteiger partial charge is 0.468 e. The molecule has 1 heterocycles. The Morgan fingerprint density at radius 1 is 1.16 bits per heavy atom. The van der Waals surface area contributed by atoms with Gasteiger partial charge in [0.1, 0.15) is 5.92 Å². The monoisotopic (exact) mass is 599 g/mol. The smallest absolute Gasteiger partial charge is 0.337 e. The molecule has 198 valence electrons. The Morgan fingerprint density at radius 3 is 2.42 bits per heavy atom. The molecule has 0 bridgehead atoms. The van der Waals surface area contributed by atoms with Crippen LogP contribution in [0.4, 0.5) is 5.69 Å². The number of anilines is 1. The predicted octanol–water partition coefficient (Wildman–Crippen LogP) is 4.22. The summed E-state index contributed by atoms with van der Waals surface area (Å²) in [7, 11) is 2.42. The van der Waals surface area contributed by atoms with E-state index in [2.05, 4.69) is 32.6 Å². The molecule has 0 spiro atoms. The molecular weight excluding hydrogens is 574 g/mol. The van der Waals surface area contributed by atoms with Crippen LogP contribution in [0.2, 0.25) is 0 Å². The SMILES string of the molecule is CCc1cc(Br)cc(C)c1NC(=O)CSC1=C(C#N)[C@H](c2ccc(C(=O)OC)cc2)[C@H](C(=O)OC)C(=O)N1. The highest BCUT2D eigenvalue weighted by Crippen LogP contribution is 2.40. The number of esters is 2. The molecule has 38 heavy (non-hydrogen) atoms. The Balaban J connectivity index is 1.92. The fourth-order valence-electron chi connectivity index (χ4n) is 4.21. The van der Waals surface area contributed by atoms with E-state index < -0.39 is 29.7 Å². The first-order valence-corrected chi connectivity index (χ1v) is 13.4. The number of aryl methyl sites for hydroxylation is 2. The number of halogens is 1. The zero-order valence-electron chi connectivity index (χ0n) is 21.2. The summed E-state index contributed by atoms with van der Waals surface area (Å²) < 4.78 is 10.5. The summed E-state index contributed by atoms with van der Waals surface area (Å²) in [6.07, 6.45) is 0.716. The molecule has 3 rings (SSSR count). The van der Waals surface area contributed by atoms with Gasteiger partial charge in [0.2, 0.25) is 11.8 Å². The molecule has 2 amide bonds. The van der Waals surface area contributed by atoms with Crippen molar-refractivity contribution in [2.45, 2.75) is 26.2 Å². The fourth-order valence-corrected chi connectivity index (χ4v) is 5.68. The Hall–Kier alpha value is -3.62. The average Bonchev–Trinajstić information content (AvgIpc) is 2.91. The molecule has 9 nitrogen and oxygen atoms in total. The van der Waals surface area contributed by atoms with Gasteiger partial charge in [-0.25, -0.2) is 4.79 Å². The Morgan fingerprint density at radius 2 is 1.84 bits per heavy atom. The van der Waals surface area contributed by atoms with Crippen LogP contribution in [0.15, 0.2) is 51.5 Å². The normalized spacial score (nSPS) is 16.8. The third kappa shape index (κ3) is 6.26. The van der Waals surface area contributed by atoms with Crippen LogP contribution in [0.3, 0.4) is 0 Å². The van der Waals surface area contributed by atoms with E-state index in [9.17, 15) is 24.4 Å². The maximum Gasteiger partial charge on any atom is 0.337 e. The highest BCUT2D eigenvalue weighted by molar-refractivity contribution is 9.10. The number of thioether (sulfide) groups is 1. The van der Waals surface area contributed by atoms with E-state index in [-0.39, 0.29) is 27.8 Å². The van der Waals surface area contributed by atoms with Crippen molar-refractivity contribution in [3.05, 3.63) is 73.7 Å². The third-order valence-electron chi connectivity index (χ3n) is 6.05. The maximum atomic E-state index is 13.0. The summed E-state index contributed by atoms with van der Waals surface area (Å²) in [4.78, 5) is 50.3. The molecule has 0 unspecified atom stereocenters. The number of carbonyl (C=O) groups excluding carboxylic acids is 4. The average molecular weight is 600 g/mol. The standard InChI is InChI=1S/C27H26BrN3O6S/c1-5-15-11-18(28)10-14(2)23(15)30-20(32)13-38-25-19(12-29)21(22(24(33)31-25)27(35)37-4)16-6-8-17(9-7-16)26(34)36-3/h6-11,21-22H,5,13H2,1-4H3,(H,30,32)(H,31,33)/t21-,22-/m0/s1. The molecule has 1 aliphatic heterocycles. The van der Waals surface area contributed by atoms with E-state index in [1.165, 1.54) is 19.2 Å². The number of nitrogens with zero attached hydrogens (tertiary/aromatic N) is 1. The quantitative estimate of drug-likeness (QED) is 0.340. The summed E-state index contributed by atoms with van der Waals surface area (Å²) >= 11 is 4.46. The van der Waals surface area contributed by atoms with Crippen LogP contribution in [-0.4, -0.2) is 43.7 Å². The molecule has 11 heteroatoms. The minimum Gasteiger partial charge on any atom is -0.468 e. The number of allylic oxidation sites excluding steroid dienone is 1. The van der Waals surface area contributed by atoms with Crippen LogP contribution in [0, 0.1) is 24.2 Å². The zero-order chi connectivity index (χ0) is 28.0. The van der Waals surface area contributed by atoms with Gasteiger partial charge >= 0.3 is 11.9 Å². The second-order valence-electron chi connectivity index (χ2n) is 8.38. The maximum absolute atomic E-state index is 13.0. The molecule has 2 aromatic rings. The van der Waals surface area contributed by atoms with Gasteiger partial charge in [0.05, 0.1) is 42.2 Å². The summed E-state index contributed by atoms with van der Waals surface area (Å²) in [6.45, 7) is 3.89. The van der Waals surface area contributed by atoms with Crippen molar-refractivity contribution in [2.24, 2.45) is 5.92 Å². The number of ether oxygens (including phenoxy) is 2. The number of carbonyl (C=O) groups is 4. The lowest BCUT2D eigenvalue weighted by atomic mass is 9.78. The first-order chi connectivity index (χ1) is 18.1. The van der Waals surface area contributed by atoms with Gasteiger partial charge in [-0.15, -0.1) is 0 Å². The minimum atomic E-state index is -1.32. The van der Waals surface area contributed by atoms with Crippen molar-refractivity contribution in [3.63, 3.8) is 0 Å².